The van der Waals surface area contributed by atoms with E-state index in [0.717, 1.165) is 13.1 Å². The SMILES string of the molecule is O=C(c1cnccn1)C1CNC1. The Bertz CT molecular complexity index is 282. The van der Waals surface area contributed by atoms with Gasteiger partial charge in [0.05, 0.1) is 6.20 Å². The molecule has 1 aliphatic heterocycles. The summed E-state index contributed by atoms with van der Waals surface area (Å²) < 4.78 is 0. The van der Waals surface area contributed by atoms with Crippen molar-refractivity contribution >= 4 is 5.78 Å². The van der Waals surface area contributed by atoms with Gasteiger partial charge in [-0.1, -0.05) is 0 Å². The minimum atomic E-state index is 0.0989. The van der Waals surface area contributed by atoms with Crippen molar-refractivity contribution in [3.05, 3.63) is 24.3 Å². The summed E-state index contributed by atoms with van der Waals surface area (Å²) >= 11 is 0. The lowest BCUT2D eigenvalue weighted by atomic mass is 9.96. The Morgan fingerprint density at radius 2 is 2.33 bits per heavy atom. The van der Waals surface area contributed by atoms with Crippen LogP contribution < -0.4 is 5.32 Å². The van der Waals surface area contributed by atoms with Gasteiger partial charge in [-0.25, -0.2) is 4.98 Å². The highest BCUT2D eigenvalue weighted by atomic mass is 16.1. The summed E-state index contributed by atoms with van der Waals surface area (Å²) in [6.45, 7) is 1.55. The molecule has 0 bridgehead atoms. The van der Waals surface area contributed by atoms with Crippen LogP contribution in [0.2, 0.25) is 0 Å². The molecule has 62 valence electrons. The van der Waals surface area contributed by atoms with E-state index in [2.05, 4.69) is 15.3 Å². The van der Waals surface area contributed by atoms with Gasteiger partial charge in [-0.2, -0.15) is 0 Å². The van der Waals surface area contributed by atoms with Gasteiger partial charge in [0.15, 0.2) is 5.78 Å². The van der Waals surface area contributed by atoms with E-state index in [-0.39, 0.29) is 11.7 Å². The molecule has 4 nitrogen and oxygen atoms in total. The van der Waals surface area contributed by atoms with Crippen LogP contribution in [0.25, 0.3) is 0 Å². The number of rotatable bonds is 2. The molecule has 1 aromatic heterocycles. The van der Waals surface area contributed by atoms with Crippen molar-refractivity contribution in [1.29, 1.82) is 0 Å². The van der Waals surface area contributed by atoms with Gasteiger partial charge < -0.3 is 5.32 Å². The summed E-state index contributed by atoms with van der Waals surface area (Å²) in [5.41, 5.74) is 0.476. The summed E-state index contributed by atoms with van der Waals surface area (Å²) in [6.07, 6.45) is 4.62. The van der Waals surface area contributed by atoms with E-state index in [9.17, 15) is 4.79 Å². The van der Waals surface area contributed by atoms with Gasteiger partial charge in [-0.15, -0.1) is 0 Å². The predicted octanol–water partition coefficient (Wildman–Crippen LogP) is -0.121. The fourth-order valence-electron chi connectivity index (χ4n) is 1.11. The van der Waals surface area contributed by atoms with Crippen molar-refractivity contribution in [2.75, 3.05) is 13.1 Å². The highest BCUT2D eigenvalue weighted by molar-refractivity contribution is 5.96. The molecule has 2 rings (SSSR count). The molecule has 0 atom stereocenters. The van der Waals surface area contributed by atoms with Gasteiger partial charge in [-0.05, 0) is 0 Å². The van der Waals surface area contributed by atoms with Crippen molar-refractivity contribution in [3.63, 3.8) is 0 Å². The monoisotopic (exact) mass is 163 g/mol. The Hall–Kier alpha value is -1.29. The first-order chi connectivity index (χ1) is 5.88. The number of carbonyl (C=O) groups excluding carboxylic acids is 1. The minimum Gasteiger partial charge on any atom is -0.315 e. The normalized spacial score (nSPS) is 17.0. The maximum absolute atomic E-state index is 11.5. The van der Waals surface area contributed by atoms with Gasteiger partial charge in [0.25, 0.3) is 0 Å². The fraction of sp³-hybridized carbons (Fsp3) is 0.375. The molecule has 0 amide bonds. The van der Waals surface area contributed by atoms with Gasteiger partial charge in [0.2, 0.25) is 0 Å². The highest BCUT2D eigenvalue weighted by Gasteiger charge is 2.26. The van der Waals surface area contributed by atoms with Gasteiger partial charge >= 0.3 is 0 Å². The van der Waals surface area contributed by atoms with Gasteiger partial charge in [0, 0.05) is 31.4 Å². The van der Waals surface area contributed by atoms with Crippen LogP contribution in [0.3, 0.4) is 0 Å². The standard InChI is InChI=1S/C8H9N3O/c12-8(6-3-10-4-6)7-5-9-1-2-11-7/h1-2,5-6,10H,3-4H2. The number of nitrogens with zero attached hydrogens (tertiary/aromatic N) is 2. The van der Waals surface area contributed by atoms with Gasteiger partial charge in [0.1, 0.15) is 5.69 Å². The summed E-state index contributed by atoms with van der Waals surface area (Å²) in [4.78, 5) is 19.3. The van der Waals surface area contributed by atoms with Crippen LogP contribution >= 0.6 is 0 Å². The van der Waals surface area contributed by atoms with Crippen molar-refractivity contribution in [3.8, 4) is 0 Å². The molecule has 0 radical (unpaired) electrons. The van der Waals surface area contributed by atoms with E-state index in [1.54, 1.807) is 12.4 Å². The summed E-state index contributed by atoms with van der Waals surface area (Å²) in [5, 5.41) is 3.04. The molecule has 1 fully saturated rings. The summed E-state index contributed by atoms with van der Waals surface area (Å²) in [7, 11) is 0. The highest BCUT2D eigenvalue weighted by Crippen LogP contribution is 2.09. The number of hydrogen-bond donors (Lipinski definition) is 1. The van der Waals surface area contributed by atoms with Crippen molar-refractivity contribution in [2.24, 2.45) is 5.92 Å². The zero-order chi connectivity index (χ0) is 8.39. The Balaban J connectivity index is 2.14. The van der Waals surface area contributed by atoms with Crippen LogP contribution in [0.15, 0.2) is 18.6 Å². The molecule has 1 aliphatic rings. The first-order valence-corrected chi connectivity index (χ1v) is 3.89. The maximum atomic E-state index is 11.5. The molecule has 1 N–H and O–H groups in total. The number of carbonyl (C=O) groups is 1. The molecule has 0 spiro atoms. The third-order valence-electron chi connectivity index (χ3n) is 1.97. The first kappa shape index (κ1) is 7.36. The molecule has 0 saturated carbocycles. The second kappa shape index (κ2) is 2.98. The van der Waals surface area contributed by atoms with Crippen LogP contribution in [0.4, 0.5) is 0 Å². The Labute approximate surface area is 70.0 Å². The van der Waals surface area contributed by atoms with E-state index in [4.69, 9.17) is 0 Å². The third kappa shape index (κ3) is 1.21. The molecule has 0 unspecified atom stereocenters. The van der Waals surface area contributed by atoms with Crippen LogP contribution in [0.5, 0.6) is 0 Å². The smallest absolute Gasteiger partial charge is 0.188 e. The molecule has 0 aliphatic carbocycles. The fourth-order valence-corrected chi connectivity index (χ4v) is 1.11. The van der Waals surface area contributed by atoms with Crippen LogP contribution in [0, 0.1) is 5.92 Å². The lowest BCUT2D eigenvalue weighted by molar-refractivity contribution is 0.0872. The van der Waals surface area contributed by atoms with E-state index >= 15 is 0 Å². The zero-order valence-corrected chi connectivity index (χ0v) is 6.53. The lowest BCUT2D eigenvalue weighted by Crippen LogP contribution is -2.46. The minimum absolute atomic E-state index is 0.0989. The molecule has 4 heteroatoms. The van der Waals surface area contributed by atoms with Crippen molar-refractivity contribution in [2.45, 2.75) is 0 Å². The average molecular weight is 163 g/mol. The number of ketones is 1. The number of nitrogens with one attached hydrogen (secondary N) is 1. The second-order valence-electron chi connectivity index (χ2n) is 2.81. The van der Waals surface area contributed by atoms with E-state index < -0.39 is 0 Å². The molecule has 0 aromatic carbocycles. The molecule has 1 aromatic rings. The van der Waals surface area contributed by atoms with Crippen LogP contribution in [-0.2, 0) is 0 Å². The second-order valence-corrected chi connectivity index (χ2v) is 2.81. The average Bonchev–Trinajstić information content (AvgIpc) is 2.03. The van der Waals surface area contributed by atoms with E-state index in [0.29, 0.717) is 5.69 Å². The number of Topliss-reactive ketones (excluding diaryl/α,β-unsaturated/α-hetero) is 1. The molecule has 1 saturated heterocycles. The van der Waals surface area contributed by atoms with E-state index in [1.165, 1.54) is 6.20 Å². The Morgan fingerprint density at radius 3 is 2.83 bits per heavy atom. The molecule has 12 heavy (non-hydrogen) atoms. The molecular weight excluding hydrogens is 154 g/mol. The Kier molecular flexibility index (Phi) is 1.83. The van der Waals surface area contributed by atoms with Crippen LogP contribution in [-0.4, -0.2) is 28.8 Å². The Morgan fingerprint density at radius 1 is 1.50 bits per heavy atom. The third-order valence-corrected chi connectivity index (χ3v) is 1.97. The van der Waals surface area contributed by atoms with Crippen LogP contribution in [0.1, 0.15) is 10.5 Å². The first-order valence-electron chi connectivity index (χ1n) is 3.89. The topological polar surface area (TPSA) is 54.9 Å². The van der Waals surface area contributed by atoms with Crippen molar-refractivity contribution < 1.29 is 4.79 Å². The lowest BCUT2D eigenvalue weighted by Gasteiger charge is -2.24. The predicted molar refractivity (Wildman–Crippen MR) is 42.7 cm³/mol. The van der Waals surface area contributed by atoms with Crippen molar-refractivity contribution in [1.82, 2.24) is 15.3 Å². The quantitative estimate of drug-likeness (QED) is 0.617. The van der Waals surface area contributed by atoms with Gasteiger partial charge in [-0.3, -0.25) is 9.78 Å². The number of hydrogen-bond acceptors (Lipinski definition) is 4. The molecular formula is C8H9N3O. The summed E-state index contributed by atoms with van der Waals surface area (Å²) in [5.74, 6) is 0.212. The maximum Gasteiger partial charge on any atom is 0.188 e. The summed E-state index contributed by atoms with van der Waals surface area (Å²) in [6, 6.07) is 0. The number of aromatic nitrogens is 2. The zero-order valence-electron chi connectivity index (χ0n) is 6.53. The largest absolute Gasteiger partial charge is 0.315 e. The molecule has 2 heterocycles. The van der Waals surface area contributed by atoms with E-state index in [1.807, 2.05) is 0 Å².